The van der Waals surface area contributed by atoms with Crippen LogP contribution in [-0.4, -0.2) is 17.2 Å². The molecule has 82 valence electrons. The molecule has 1 aromatic heterocycles. The second-order valence-electron chi connectivity index (χ2n) is 4.24. The van der Waals surface area contributed by atoms with E-state index in [1.807, 2.05) is 23.6 Å². The quantitative estimate of drug-likeness (QED) is 0.737. The molecule has 0 aromatic carbocycles. The van der Waals surface area contributed by atoms with E-state index < -0.39 is 0 Å². The Hall–Kier alpha value is -1.09. The summed E-state index contributed by atoms with van der Waals surface area (Å²) >= 11 is 0. The first-order valence-electron chi connectivity index (χ1n) is 5.67. The van der Waals surface area contributed by atoms with Crippen molar-refractivity contribution < 1.29 is 0 Å². The van der Waals surface area contributed by atoms with E-state index in [-0.39, 0.29) is 5.56 Å². The molecular formula is C12H18N2O. The minimum atomic E-state index is 0.112. The maximum atomic E-state index is 11.5. The van der Waals surface area contributed by atoms with E-state index in [0.717, 1.165) is 31.2 Å². The van der Waals surface area contributed by atoms with Crippen molar-refractivity contribution in [1.82, 2.24) is 9.88 Å². The minimum absolute atomic E-state index is 0.112. The van der Waals surface area contributed by atoms with E-state index in [1.54, 1.807) is 6.07 Å². The lowest BCUT2D eigenvalue weighted by molar-refractivity contribution is 0.560. The van der Waals surface area contributed by atoms with Gasteiger partial charge in [0.05, 0.1) is 0 Å². The normalized spacial score (nSPS) is 15.5. The van der Waals surface area contributed by atoms with Crippen LogP contribution in [0.1, 0.15) is 25.0 Å². The van der Waals surface area contributed by atoms with Gasteiger partial charge in [0.15, 0.2) is 0 Å². The lowest BCUT2D eigenvalue weighted by atomic mass is 10.3. The van der Waals surface area contributed by atoms with Gasteiger partial charge in [-0.1, -0.05) is 6.07 Å². The van der Waals surface area contributed by atoms with Crippen LogP contribution in [0.3, 0.4) is 0 Å². The number of nitrogens with zero attached hydrogens (tertiary/aromatic N) is 1. The van der Waals surface area contributed by atoms with E-state index >= 15 is 0 Å². The molecule has 1 N–H and O–H groups in total. The summed E-state index contributed by atoms with van der Waals surface area (Å²) in [6, 6.07) is 6.19. The van der Waals surface area contributed by atoms with Crippen LogP contribution < -0.4 is 10.9 Å². The first kappa shape index (κ1) is 10.4. The molecule has 0 saturated heterocycles. The summed E-state index contributed by atoms with van der Waals surface area (Å²) in [5.41, 5.74) is 1.16. The van der Waals surface area contributed by atoms with Gasteiger partial charge in [-0.3, -0.25) is 4.79 Å². The van der Waals surface area contributed by atoms with E-state index in [9.17, 15) is 4.79 Å². The molecule has 2 rings (SSSR count). The van der Waals surface area contributed by atoms with Crippen LogP contribution in [0.5, 0.6) is 0 Å². The average Bonchev–Trinajstić information content (AvgIpc) is 3.00. The van der Waals surface area contributed by atoms with Crippen LogP contribution in [0.2, 0.25) is 0 Å². The van der Waals surface area contributed by atoms with Gasteiger partial charge in [0.25, 0.3) is 5.56 Å². The fourth-order valence-corrected chi connectivity index (χ4v) is 1.74. The largest absolute Gasteiger partial charge is 0.314 e. The molecule has 0 amide bonds. The molecule has 1 saturated carbocycles. The fraction of sp³-hybridized carbons (Fsp3) is 0.583. The smallest absolute Gasteiger partial charge is 0.250 e. The van der Waals surface area contributed by atoms with Crippen molar-refractivity contribution >= 4 is 0 Å². The van der Waals surface area contributed by atoms with Crippen molar-refractivity contribution in [3.63, 3.8) is 0 Å². The molecule has 1 heterocycles. The van der Waals surface area contributed by atoms with Crippen LogP contribution >= 0.6 is 0 Å². The molecule has 1 fully saturated rings. The summed E-state index contributed by atoms with van der Waals surface area (Å²) in [6.45, 7) is 3.83. The molecule has 0 radical (unpaired) electrons. The van der Waals surface area contributed by atoms with Gasteiger partial charge in [0.2, 0.25) is 0 Å². The predicted octanol–water partition coefficient (Wildman–Crippen LogP) is 1.30. The van der Waals surface area contributed by atoms with Crippen molar-refractivity contribution in [2.75, 3.05) is 6.54 Å². The highest BCUT2D eigenvalue weighted by molar-refractivity contribution is 5.04. The standard InChI is InChI=1S/C12H18N2O/c1-10-4-2-5-12(15)14(10)9-3-8-13-11-6-7-11/h2,4-5,11,13H,3,6-9H2,1H3. The highest BCUT2D eigenvalue weighted by Gasteiger charge is 2.19. The Bertz CT molecular complexity index is 379. The van der Waals surface area contributed by atoms with Crippen LogP contribution in [-0.2, 0) is 6.54 Å². The zero-order chi connectivity index (χ0) is 10.7. The maximum Gasteiger partial charge on any atom is 0.250 e. The second kappa shape index (κ2) is 4.62. The van der Waals surface area contributed by atoms with Crippen molar-refractivity contribution in [2.24, 2.45) is 0 Å². The molecule has 0 aliphatic heterocycles. The zero-order valence-corrected chi connectivity index (χ0v) is 9.20. The summed E-state index contributed by atoms with van der Waals surface area (Å²) in [6.07, 6.45) is 3.68. The Morgan fingerprint density at radius 2 is 2.27 bits per heavy atom. The Morgan fingerprint density at radius 3 is 2.93 bits per heavy atom. The van der Waals surface area contributed by atoms with Crippen LogP contribution in [0.15, 0.2) is 23.0 Å². The number of aromatic nitrogens is 1. The predicted molar refractivity (Wildman–Crippen MR) is 61.1 cm³/mol. The highest BCUT2D eigenvalue weighted by Crippen LogP contribution is 2.18. The number of rotatable bonds is 5. The van der Waals surface area contributed by atoms with Gasteiger partial charge in [-0.2, -0.15) is 0 Å². The maximum absolute atomic E-state index is 11.5. The Morgan fingerprint density at radius 1 is 1.47 bits per heavy atom. The van der Waals surface area contributed by atoms with E-state index in [4.69, 9.17) is 0 Å². The number of nitrogens with one attached hydrogen (secondary N) is 1. The van der Waals surface area contributed by atoms with Gasteiger partial charge < -0.3 is 9.88 Å². The topological polar surface area (TPSA) is 34.0 Å². The molecule has 1 aliphatic rings. The SMILES string of the molecule is Cc1cccc(=O)n1CCCNC1CC1. The van der Waals surface area contributed by atoms with Crippen molar-refractivity contribution in [1.29, 1.82) is 0 Å². The summed E-state index contributed by atoms with van der Waals surface area (Å²) in [4.78, 5) is 11.5. The van der Waals surface area contributed by atoms with Gasteiger partial charge >= 0.3 is 0 Å². The third-order valence-corrected chi connectivity index (χ3v) is 2.84. The zero-order valence-electron chi connectivity index (χ0n) is 9.20. The molecule has 3 heteroatoms. The lowest BCUT2D eigenvalue weighted by Crippen LogP contribution is -2.24. The third-order valence-electron chi connectivity index (χ3n) is 2.84. The summed E-state index contributed by atoms with van der Waals surface area (Å²) < 4.78 is 1.84. The monoisotopic (exact) mass is 206 g/mol. The lowest BCUT2D eigenvalue weighted by Gasteiger charge is -2.09. The van der Waals surface area contributed by atoms with Gasteiger partial charge in [0, 0.05) is 24.3 Å². The molecule has 1 aromatic rings. The van der Waals surface area contributed by atoms with Gasteiger partial charge in [0.1, 0.15) is 0 Å². The van der Waals surface area contributed by atoms with E-state index in [2.05, 4.69) is 5.32 Å². The van der Waals surface area contributed by atoms with Crippen LogP contribution in [0.4, 0.5) is 0 Å². The molecule has 15 heavy (non-hydrogen) atoms. The minimum Gasteiger partial charge on any atom is -0.314 e. The van der Waals surface area contributed by atoms with Crippen LogP contribution in [0, 0.1) is 6.92 Å². The molecule has 0 atom stereocenters. The third kappa shape index (κ3) is 2.93. The highest BCUT2D eigenvalue weighted by atomic mass is 16.1. The van der Waals surface area contributed by atoms with Gasteiger partial charge in [-0.25, -0.2) is 0 Å². The summed E-state index contributed by atoms with van der Waals surface area (Å²) in [5.74, 6) is 0. The molecule has 0 unspecified atom stereocenters. The number of pyridine rings is 1. The number of aryl methyl sites for hydroxylation is 1. The van der Waals surface area contributed by atoms with Crippen molar-refractivity contribution in [3.05, 3.63) is 34.2 Å². The number of hydrogen-bond donors (Lipinski definition) is 1. The van der Waals surface area contributed by atoms with Crippen molar-refractivity contribution in [2.45, 2.75) is 38.8 Å². The first-order chi connectivity index (χ1) is 7.27. The van der Waals surface area contributed by atoms with E-state index in [1.165, 1.54) is 12.8 Å². The van der Waals surface area contributed by atoms with Gasteiger partial charge in [-0.15, -0.1) is 0 Å². The Kier molecular flexibility index (Phi) is 3.21. The molecule has 1 aliphatic carbocycles. The molecule has 3 nitrogen and oxygen atoms in total. The fourth-order valence-electron chi connectivity index (χ4n) is 1.74. The first-order valence-corrected chi connectivity index (χ1v) is 5.67. The van der Waals surface area contributed by atoms with E-state index in [0.29, 0.717) is 0 Å². The molecule has 0 bridgehead atoms. The van der Waals surface area contributed by atoms with Crippen LogP contribution in [0.25, 0.3) is 0 Å². The number of hydrogen-bond acceptors (Lipinski definition) is 2. The Labute approximate surface area is 90.1 Å². The van der Waals surface area contributed by atoms with Gasteiger partial charge in [-0.05, 0) is 38.8 Å². The Balaban J connectivity index is 1.83. The summed E-state index contributed by atoms with van der Waals surface area (Å²) in [7, 11) is 0. The molecular weight excluding hydrogens is 188 g/mol. The van der Waals surface area contributed by atoms with Crippen molar-refractivity contribution in [3.8, 4) is 0 Å². The molecule has 0 spiro atoms. The second-order valence-corrected chi connectivity index (χ2v) is 4.24. The summed E-state index contributed by atoms with van der Waals surface area (Å²) in [5, 5.41) is 3.45. The average molecular weight is 206 g/mol.